The fourth-order valence-electron chi connectivity index (χ4n) is 1.05. The number of halogens is 2. The Balaban J connectivity index is 2.97. The first kappa shape index (κ1) is 11.0. The van der Waals surface area contributed by atoms with Gasteiger partial charge in [-0.05, 0) is 12.1 Å². The molecule has 0 aromatic carbocycles. The van der Waals surface area contributed by atoms with Gasteiger partial charge >= 0.3 is 0 Å². The standard InChI is InChI=1S/C10H13F2NO/c1-7(2)10(11,12)8-3-4-9(6-14)13-5-8/h3-5,7,14H,6H2,1-2H3. The fourth-order valence-corrected chi connectivity index (χ4v) is 1.05. The Morgan fingerprint density at radius 3 is 2.43 bits per heavy atom. The van der Waals surface area contributed by atoms with Gasteiger partial charge in [0.25, 0.3) is 5.92 Å². The van der Waals surface area contributed by atoms with Crippen molar-refractivity contribution in [3.63, 3.8) is 0 Å². The van der Waals surface area contributed by atoms with E-state index >= 15 is 0 Å². The summed E-state index contributed by atoms with van der Waals surface area (Å²) in [4.78, 5) is 3.72. The average Bonchev–Trinajstić information content (AvgIpc) is 2.17. The first-order chi connectivity index (χ1) is 6.48. The van der Waals surface area contributed by atoms with E-state index in [1.165, 1.54) is 26.0 Å². The van der Waals surface area contributed by atoms with E-state index < -0.39 is 11.8 Å². The summed E-state index contributed by atoms with van der Waals surface area (Å²) >= 11 is 0. The Morgan fingerprint density at radius 2 is 2.07 bits per heavy atom. The summed E-state index contributed by atoms with van der Waals surface area (Å²) in [5, 5.41) is 8.69. The van der Waals surface area contributed by atoms with Crippen molar-refractivity contribution >= 4 is 0 Å². The number of alkyl halides is 2. The topological polar surface area (TPSA) is 33.1 Å². The highest BCUT2D eigenvalue weighted by molar-refractivity contribution is 5.19. The Bertz CT molecular complexity index is 295. The lowest BCUT2D eigenvalue weighted by Crippen LogP contribution is -2.21. The van der Waals surface area contributed by atoms with Crippen molar-refractivity contribution in [3.8, 4) is 0 Å². The summed E-state index contributed by atoms with van der Waals surface area (Å²) in [6.45, 7) is 2.69. The van der Waals surface area contributed by atoms with Crippen molar-refractivity contribution < 1.29 is 13.9 Å². The largest absolute Gasteiger partial charge is 0.390 e. The lowest BCUT2D eigenvalue weighted by atomic mass is 9.99. The molecule has 0 amide bonds. The van der Waals surface area contributed by atoms with Crippen LogP contribution in [0.4, 0.5) is 8.78 Å². The number of rotatable bonds is 3. The number of hydrogen-bond acceptors (Lipinski definition) is 2. The van der Waals surface area contributed by atoms with E-state index in [-0.39, 0.29) is 12.2 Å². The van der Waals surface area contributed by atoms with Crippen molar-refractivity contribution in [2.75, 3.05) is 0 Å². The molecule has 0 bridgehead atoms. The minimum atomic E-state index is -2.86. The SMILES string of the molecule is CC(C)C(F)(F)c1ccc(CO)nc1. The third-order valence-corrected chi connectivity index (χ3v) is 2.10. The van der Waals surface area contributed by atoms with Crippen LogP contribution in [0.25, 0.3) is 0 Å². The molecule has 0 unspecified atom stereocenters. The van der Waals surface area contributed by atoms with Crippen LogP contribution >= 0.6 is 0 Å². The maximum atomic E-state index is 13.4. The van der Waals surface area contributed by atoms with Gasteiger partial charge in [-0.1, -0.05) is 13.8 Å². The normalized spacial score (nSPS) is 12.1. The molecule has 2 nitrogen and oxygen atoms in total. The highest BCUT2D eigenvalue weighted by Crippen LogP contribution is 2.34. The van der Waals surface area contributed by atoms with Crippen LogP contribution in [0.1, 0.15) is 25.1 Å². The number of nitrogens with zero attached hydrogens (tertiary/aromatic N) is 1. The highest BCUT2D eigenvalue weighted by atomic mass is 19.3. The molecule has 0 saturated carbocycles. The second-order valence-corrected chi connectivity index (χ2v) is 3.47. The molecule has 1 aromatic heterocycles. The van der Waals surface area contributed by atoms with Gasteiger partial charge in [0, 0.05) is 17.7 Å². The smallest absolute Gasteiger partial charge is 0.276 e. The van der Waals surface area contributed by atoms with E-state index in [4.69, 9.17) is 5.11 Å². The molecule has 0 radical (unpaired) electrons. The number of hydrogen-bond donors (Lipinski definition) is 1. The molecule has 78 valence electrons. The number of aliphatic hydroxyl groups is 1. The van der Waals surface area contributed by atoms with Crippen LogP contribution < -0.4 is 0 Å². The molecule has 0 aliphatic carbocycles. The molecule has 1 heterocycles. The second kappa shape index (κ2) is 4.00. The molecule has 1 rings (SSSR count). The zero-order valence-corrected chi connectivity index (χ0v) is 8.17. The van der Waals surface area contributed by atoms with Crippen molar-refractivity contribution in [1.82, 2.24) is 4.98 Å². The van der Waals surface area contributed by atoms with Crippen LogP contribution in [0, 0.1) is 5.92 Å². The van der Waals surface area contributed by atoms with Crippen molar-refractivity contribution in [3.05, 3.63) is 29.6 Å². The fraction of sp³-hybridized carbons (Fsp3) is 0.500. The summed E-state index contributed by atoms with van der Waals surface area (Å²) in [5.41, 5.74) is 0.290. The molecule has 1 aromatic rings. The molecule has 1 N–H and O–H groups in total. The van der Waals surface area contributed by atoms with Crippen LogP contribution in [-0.2, 0) is 12.5 Å². The van der Waals surface area contributed by atoms with Crippen molar-refractivity contribution in [2.24, 2.45) is 5.92 Å². The molecule has 0 aliphatic rings. The molecule has 0 atom stereocenters. The Hall–Kier alpha value is -1.03. The second-order valence-electron chi connectivity index (χ2n) is 3.47. The van der Waals surface area contributed by atoms with Crippen LogP contribution in [0.2, 0.25) is 0 Å². The first-order valence-corrected chi connectivity index (χ1v) is 4.42. The van der Waals surface area contributed by atoms with Gasteiger partial charge in [-0.3, -0.25) is 4.98 Å². The van der Waals surface area contributed by atoms with Gasteiger partial charge in [0.1, 0.15) is 0 Å². The monoisotopic (exact) mass is 201 g/mol. The van der Waals surface area contributed by atoms with Gasteiger partial charge in [-0.2, -0.15) is 0 Å². The van der Waals surface area contributed by atoms with E-state index in [2.05, 4.69) is 4.98 Å². The Labute approximate surface area is 81.6 Å². The van der Waals surface area contributed by atoms with E-state index in [1.54, 1.807) is 0 Å². The molecular formula is C10H13F2NO. The minimum Gasteiger partial charge on any atom is -0.390 e. The van der Waals surface area contributed by atoms with Gasteiger partial charge in [0.05, 0.1) is 12.3 Å². The van der Waals surface area contributed by atoms with Gasteiger partial charge in [-0.15, -0.1) is 0 Å². The maximum absolute atomic E-state index is 13.4. The maximum Gasteiger partial charge on any atom is 0.276 e. The van der Waals surface area contributed by atoms with Gasteiger partial charge < -0.3 is 5.11 Å². The van der Waals surface area contributed by atoms with E-state index in [9.17, 15) is 8.78 Å². The van der Waals surface area contributed by atoms with E-state index in [0.717, 1.165) is 6.20 Å². The molecule has 0 saturated heterocycles. The molecule has 4 heteroatoms. The molecule has 0 aliphatic heterocycles. The zero-order chi connectivity index (χ0) is 10.8. The van der Waals surface area contributed by atoms with E-state index in [1.807, 2.05) is 0 Å². The summed E-state index contributed by atoms with van der Waals surface area (Å²) < 4.78 is 26.8. The van der Waals surface area contributed by atoms with E-state index in [0.29, 0.717) is 5.69 Å². The predicted octanol–water partition coefficient (Wildman–Crippen LogP) is 2.32. The Kier molecular flexibility index (Phi) is 3.16. The molecule has 0 spiro atoms. The molecular weight excluding hydrogens is 188 g/mol. The summed E-state index contributed by atoms with van der Waals surface area (Å²) in [7, 11) is 0. The highest BCUT2D eigenvalue weighted by Gasteiger charge is 2.35. The lowest BCUT2D eigenvalue weighted by molar-refractivity contribution is -0.0517. The first-order valence-electron chi connectivity index (χ1n) is 4.42. The van der Waals surface area contributed by atoms with Crippen LogP contribution in [0.5, 0.6) is 0 Å². The van der Waals surface area contributed by atoms with Crippen molar-refractivity contribution in [1.29, 1.82) is 0 Å². The third-order valence-electron chi connectivity index (χ3n) is 2.10. The predicted molar refractivity (Wildman–Crippen MR) is 48.9 cm³/mol. The van der Waals surface area contributed by atoms with Gasteiger partial charge in [0.15, 0.2) is 0 Å². The quantitative estimate of drug-likeness (QED) is 0.814. The Morgan fingerprint density at radius 1 is 1.43 bits per heavy atom. The lowest BCUT2D eigenvalue weighted by Gasteiger charge is -2.20. The summed E-state index contributed by atoms with van der Waals surface area (Å²) in [5.74, 6) is -3.62. The van der Waals surface area contributed by atoms with Crippen LogP contribution in [0.15, 0.2) is 18.3 Å². The van der Waals surface area contributed by atoms with Crippen LogP contribution in [-0.4, -0.2) is 10.1 Å². The molecule has 14 heavy (non-hydrogen) atoms. The number of aliphatic hydroxyl groups excluding tert-OH is 1. The minimum absolute atomic E-state index is 0.107. The summed E-state index contributed by atoms with van der Waals surface area (Å²) in [6.07, 6.45) is 1.12. The van der Waals surface area contributed by atoms with Crippen molar-refractivity contribution in [2.45, 2.75) is 26.4 Å². The van der Waals surface area contributed by atoms with Crippen LogP contribution in [0.3, 0.4) is 0 Å². The van der Waals surface area contributed by atoms with Gasteiger partial charge in [-0.25, -0.2) is 8.78 Å². The average molecular weight is 201 g/mol. The number of aromatic nitrogens is 1. The van der Waals surface area contributed by atoms with Gasteiger partial charge in [0.2, 0.25) is 0 Å². The summed E-state index contributed by atoms with van der Waals surface area (Å²) in [6, 6.07) is 2.71. The molecule has 0 fully saturated rings. The third kappa shape index (κ3) is 2.07. The zero-order valence-electron chi connectivity index (χ0n) is 8.17. The number of pyridine rings is 1.